The second-order valence-electron chi connectivity index (χ2n) is 5.75. The summed E-state index contributed by atoms with van der Waals surface area (Å²) in [4.78, 5) is 17.8. The SMILES string of the molecule is COc1ccc(OCC(=O)Nc2nc3c(s2)C[C@@H](C)CC3)cc1. The number of benzene rings is 1. The summed E-state index contributed by atoms with van der Waals surface area (Å²) in [7, 11) is 1.61. The van der Waals surface area contributed by atoms with Gasteiger partial charge < -0.3 is 9.47 Å². The minimum absolute atomic E-state index is 0.0347. The molecule has 0 aliphatic heterocycles. The molecule has 0 saturated carbocycles. The number of amides is 1. The maximum absolute atomic E-state index is 12.0. The third-order valence-electron chi connectivity index (χ3n) is 3.86. The Kier molecular flexibility index (Phi) is 4.81. The summed E-state index contributed by atoms with van der Waals surface area (Å²) in [6, 6.07) is 7.14. The maximum Gasteiger partial charge on any atom is 0.264 e. The molecule has 6 heteroatoms. The number of aromatic nitrogens is 1. The zero-order chi connectivity index (χ0) is 16.2. The van der Waals surface area contributed by atoms with Crippen LogP contribution in [0.1, 0.15) is 23.9 Å². The Bertz CT molecular complexity index is 682. The van der Waals surface area contributed by atoms with Crippen LogP contribution in [0.3, 0.4) is 0 Å². The molecule has 0 bridgehead atoms. The fourth-order valence-corrected chi connectivity index (χ4v) is 3.76. The van der Waals surface area contributed by atoms with Crippen LogP contribution in [-0.4, -0.2) is 24.6 Å². The summed E-state index contributed by atoms with van der Waals surface area (Å²) < 4.78 is 10.5. The van der Waals surface area contributed by atoms with Gasteiger partial charge in [0.1, 0.15) is 11.5 Å². The summed E-state index contributed by atoms with van der Waals surface area (Å²) in [5.74, 6) is 1.89. The number of hydrogen-bond donors (Lipinski definition) is 1. The Morgan fingerprint density at radius 3 is 2.83 bits per heavy atom. The molecule has 0 radical (unpaired) electrons. The number of anilines is 1. The maximum atomic E-state index is 12.0. The third-order valence-corrected chi connectivity index (χ3v) is 4.90. The van der Waals surface area contributed by atoms with E-state index in [0.29, 0.717) is 16.8 Å². The van der Waals surface area contributed by atoms with Gasteiger partial charge >= 0.3 is 0 Å². The van der Waals surface area contributed by atoms with Crippen LogP contribution in [0, 0.1) is 5.92 Å². The largest absolute Gasteiger partial charge is 0.497 e. The molecule has 1 aliphatic rings. The first-order valence-electron chi connectivity index (χ1n) is 7.69. The van der Waals surface area contributed by atoms with Crippen LogP contribution in [-0.2, 0) is 17.6 Å². The van der Waals surface area contributed by atoms with E-state index >= 15 is 0 Å². The number of hydrogen-bond acceptors (Lipinski definition) is 5. The van der Waals surface area contributed by atoms with Crippen LogP contribution in [0.15, 0.2) is 24.3 Å². The van der Waals surface area contributed by atoms with Gasteiger partial charge in [-0.15, -0.1) is 11.3 Å². The molecule has 1 aromatic carbocycles. The number of thiazole rings is 1. The second-order valence-corrected chi connectivity index (χ2v) is 6.83. The topological polar surface area (TPSA) is 60.5 Å². The number of fused-ring (bicyclic) bond motifs is 1. The molecule has 2 aromatic rings. The lowest BCUT2D eigenvalue weighted by Gasteiger charge is -2.15. The van der Waals surface area contributed by atoms with Gasteiger partial charge in [-0.25, -0.2) is 4.98 Å². The normalized spacial score (nSPS) is 16.5. The number of nitrogens with zero attached hydrogens (tertiary/aromatic N) is 1. The van der Waals surface area contributed by atoms with E-state index in [1.54, 1.807) is 42.7 Å². The molecule has 0 spiro atoms. The van der Waals surface area contributed by atoms with Crippen LogP contribution < -0.4 is 14.8 Å². The predicted octanol–water partition coefficient (Wildman–Crippen LogP) is 3.29. The van der Waals surface area contributed by atoms with E-state index in [4.69, 9.17) is 9.47 Å². The minimum atomic E-state index is -0.194. The van der Waals surface area contributed by atoms with Gasteiger partial charge in [0.05, 0.1) is 12.8 Å². The molecule has 1 aliphatic carbocycles. The van der Waals surface area contributed by atoms with E-state index in [1.807, 2.05) is 0 Å². The summed E-state index contributed by atoms with van der Waals surface area (Å²) in [6.45, 7) is 2.22. The third kappa shape index (κ3) is 4.01. The molecule has 1 amide bonds. The van der Waals surface area contributed by atoms with Crippen molar-refractivity contribution >= 4 is 22.4 Å². The van der Waals surface area contributed by atoms with Crippen LogP contribution in [0.5, 0.6) is 11.5 Å². The molecule has 0 fully saturated rings. The molecular formula is C17H20N2O3S. The molecular weight excluding hydrogens is 312 g/mol. The minimum Gasteiger partial charge on any atom is -0.497 e. The predicted molar refractivity (Wildman–Crippen MR) is 90.4 cm³/mol. The van der Waals surface area contributed by atoms with Gasteiger partial charge in [0, 0.05) is 4.88 Å². The van der Waals surface area contributed by atoms with Crippen LogP contribution in [0.2, 0.25) is 0 Å². The highest BCUT2D eigenvalue weighted by Gasteiger charge is 2.20. The molecule has 1 aromatic heterocycles. The number of aryl methyl sites for hydroxylation is 1. The van der Waals surface area contributed by atoms with Crippen LogP contribution in [0.25, 0.3) is 0 Å². The van der Waals surface area contributed by atoms with E-state index in [2.05, 4.69) is 17.2 Å². The number of carbonyl (C=O) groups excluding carboxylic acids is 1. The molecule has 5 nitrogen and oxygen atoms in total. The number of rotatable bonds is 5. The first kappa shape index (κ1) is 15.8. The van der Waals surface area contributed by atoms with E-state index in [0.717, 1.165) is 24.3 Å². The monoisotopic (exact) mass is 332 g/mol. The molecule has 0 saturated heterocycles. The standard InChI is InChI=1S/C17H20N2O3S/c1-11-3-8-14-15(9-11)23-17(18-14)19-16(20)10-22-13-6-4-12(21-2)5-7-13/h4-7,11H,3,8-10H2,1-2H3,(H,18,19,20)/t11-/m0/s1. The Hall–Kier alpha value is -2.08. The van der Waals surface area contributed by atoms with Crippen LogP contribution >= 0.6 is 11.3 Å². The van der Waals surface area contributed by atoms with Gasteiger partial charge in [-0.1, -0.05) is 6.92 Å². The molecule has 1 atom stereocenters. The number of methoxy groups -OCH3 is 1. The quantitative estimate of drug-likeness (QED) is 0.913. The summed E-state index contributed by atoms with van der Waals surface area (Å²) >= 11 is 1.58. The molecule has 122 valence electrons. The smallest absolute Gasteiger partial charge is 0.264 e. The van der Waals surface area contributed by atoms with Crippen molar-refractivity contribution in [3.63, 3.8) is 0 Å². The fraction of sp³-hybridized carbons (Fsp3) is 0.412. The van der Waals surface area contributed by atoms with Crippen molar-refractivity contribution in [2.24, 2.45) is 5.92 Å². The molecule has 0 unspecified atom stereocenters. The summed E-state index contributed by atoms with van der Waals surface area (Å²) in [5, 5.41) is 3.50. The lowest BCUT2D eigenvalue weighted by molar-refractivity contribution is -0.118. The Morgan fingerprint density at radius 2 is 2.09 bits per heavy atom. The first-order valence-corrected chi connectivity index (χ1v) is 8.51. The van der Waals surface area contributed by atoms with Crippen molar-refractivity contribution in [3.8, 4) is 11.5 Å². The molecule has 3 rings (SSSR count). The Balaban J connectivity index is 1.53. The van der Waals surface area contributed by atoms with Crippen molar-refractivity contribution in [1.29, 1.82) is 0 Å². The van der Waals surface area contributed by atoms with Gasteiger partial charge in [-0.2, -0.15) is 0 Å². The van der Waals surface area contributed by atoms with Gasteiger partial charge in [0.15, 0.2) is 11.7 Å². The zero-order valence-corrected chi connectivity index (χ0v) is 14.1. The summed E-state index contributed by atoms with van der Waals surface area (Å²) in [6.07, 6.45) is 3.24. The van der Waals surface area contributed by atoms with Crippen LogP contribution in [0.4, 0.5) is 5.13 Å². The number of nitrogens with one attached hydrogen (secondary N) is 1. The van der Waals surface area contributed by atoms with Crippen molar-refractivity contribution in [1.82, 2.24) is 4.98 Å². The van der Waals surface area contributed by atoms with Gasteiger partial charge in [0.25, 0.3) is 5.91 Å². The number of carbonyl (C=O) groups is 1. The lowest BCUT2D eigenvalue weighted by atomic mass is 9.93. The highest BCUT2D eigenvalue weighted by Crippen LogP contribution is 2.32. The lowest BCUT2D eigenvalue weighted by Crippen LogP contribution is -2.20. The Morgan fingerprint density at radius 1 is 1.35 bits per heavy atom. The highest BCUT2D eigenvalue weighted by atomic mass is 32.1. The average molecular weight is 332 g/mol. The van der Waals surface area contributed by atoms with Crippen molar-refractivity contribution in [3.05, 3.63) is 34.8 Å². The highest BCUT2D eigenvalue weighted by molar-refractivity contribution is 7.15. The van der Waals surface area contributed by atoms with Gasteiger partial charge in [0.2, 0.25) is 0 Å². The van der Waals surface area contributed by atoms with Gasteiger partial charge in [-0.05, 0) is 49.4 Å². The number of ether oxygens (including phenoxy) is 2. The Labute approximate surface area is 139 Å². The van der Waals surface area contributed by atoms with E-state index in [1.165, 1.54) is 11.3 Å². The van der Waals surface area contributed by atoms with E-state index in [9.17, 15) is 4.79 Å². The van der Waals surface area contributed by atoms with Crippen molar-refractivity contribution < 1.29 is 14.3 Å². The van der Waals surface area contributed by atoms with Crippen molar-refractivity contribution in [2.45, 2.75) is 26.2 Å². The second kappa shape index (κ2) is 7.00. The van der Waals surface area contributed by atoms with Gasteiger partial charge in [-0.3, -0.25) is 10.1 Å². The van der Waals surface area contributed by atoms with E-state index in [-0.39, 0.29) is 12.5 Å². The average Bonchev–Trinajstić information content (AvgIpc) is 2.94. The molecule has 23 heavy (non-hydrogen) atoms. The molecule has 1 N–H and O–H groups in total. The summed E-state index contributed by atoms with van der Waals surface area (Å²) in [5.41, 5.74) is 1.14. The fourth-order valence-electron chi connectivity index (χ4n) is 2.57. The first-order chi connectivity index (χ1) is 11.1. The van der Waals surface area contributed by atoms with E-state index < -0.39 is 0 Å². The molecule has 1 heterocycles. The van der Waals surface area contributed by atoms with Crippen molar-refractivity contribution in [2.75, 3.05) is 19.0 Å². The zero-order valence-electron chi connectivity index (χ0n) is 13.3.